The van der Waals surface area contributed by atoms with Crippen LogP contribution < -0.4 is 5.48 Å². The molecule has 3 heteroatoms. The zero-order valence-electron chi connectivity index (χ0n) is 11.1. The van der Waals surface area contributed by atoms with Gasteiger partial charge in [-0.25, -0.2) is 0 Å². The number of pyridine rings is 1. The van der Waals surface area contributed by atoms with Crippen molar-refractivity contribution in [2.24, 2.45) is 0 Å². The van der Waals surface area contributed by atoms with E-state index in [-0.39, 0.29) is 0 Å². The van der Waals surface area contributed by atoms with Crippen molar-refractivity contribution in [1.29, 1.82) is 0 Å². The van der Waals surface area contributed by atoms with Crippen LogP contribution in [0.3, 0.4) is 0 Å². The molecule has 0 atom stereocenters. The summed E-state index contributed by atoms with van der Waals surface area (Å²) in [6.07, 6.45) is 1.83. The van der Waals surface area contributed by atoms with Crippen LogP contribution in [0.25, 0.3) is 10.9 Å². The molecule has 0 aliphatic carbocycles. The smallest absolute Gasteiger partial charge is 0.0933 e. The monoisotopic (exact) mass is 264 g/mol. The Morgan fingerprint density at radius 2 is 1.70 bits per heavy atom. The van der Waals surface area contributed by atoms with E-state index in [9.17, 15) is 0 Å². The van der Waals surface area contributed by atoms with Crippen molar-refractivity contribution in [2.75, 3.05) is 0 Å². The highest BCUT2D eigenvalue weighted by Crippen LogP contribution is 2.15. The molecule has 2 aromatic carbocycles. The lowest BCUT2D eigenvalue weighted by Gasteiger charge is -2.08. The fraction of sp³-hybridized carbons (Fsp3) is 0.118. The van der Waals surface area contributed by atoms with Gasteiger partial charge in [0.2, 0.25) is 0 Å². The number of fused-ring (bicyclic) bond motifs is 1. The van der Waals surface area contributed by atoms with Crippen LogP contribution in [0.1, 0.15) is 11.1 Å². The number of benzene rings is 2. The van der Waals surface area contributed by atoms with Crippen LogP contribution in [0.5, 0.6) is 0 Å². The summed E-state index contributed by atoms with van der Waals surface area (Å²) in [5.41, 5.74) is 6.36. The second kappa shape index (κ2) is 6.28. The van der Waals surface area contributed by atoms with Gasteiger partial charge in [-0.15, -0.1) is 0 Å². The molecule has 3 aromatic rings. The Morgan fingerprint density at radius 1 is 0.900 bits per heavy atom. The number of hydrogen-bond acceptors (Lipinski definition) is 3. The first kappa shape index (κ1) is 12.8. The largest absolute Gasteiger partial charge is 0.297 e. The molecule has 1 heterocycles. The van der Waals surface area contributed by atoms with Gasteiger partial charge in [-0.1, -0.05) is 48.5 Å². The van der Waals surface area contributed by atoms with Crippen molar-refractivity contribution in [2.45, 2.75) is 13.2 Å². The van der Waals surface area contributed by atoms with Crippen LogP contribution in [0, 0.1) is 0 Å². The lowest BCUT2D eigenvalue weighted by atomic mass is 10.1. The van der Waals surface area contributed by atoms with Gasteiger partial charge in [-0.3, -0.25) is 9.82 Å². The summed E-state index contributed by atoms with van der Waals surface area (Å²) in [6.45, 7) is 1.22. The summed E-state index contributed by atoms with van der Waals surface area (Å²) in [5.74, 6) is 0. The second-order valence-corrected chi connectivity index (χ2v) is 4.58. The van der Waals surface area contributed by atoms with Crippen LogP contribution in [0.4, 0.5) is 0 Å². The van der Waals surface area contributed by atoms with Crippen LogP contribution >= 0.6 is 0 Å². The Bertz CT molecular complexity index is 677. The van der Waals surface area contributed by atoms with Gasteiger partial charge < -0.3 is 0 Å². The predicted molar refractivity (Wildman–Crippen MR) is 79.8 cm³/mol. The van der Waals surface area contributed by atoms with E-state index >= 15 is 0 Å². The van der Waals surface area contributed by atoms with Crippen LogP contribution in [-0.2, 0) is 18.0 Å². The van der Waals surface area contributed by atoms with E-state index in [2.05, 4.69) is 16.5 Å². The third-order valence-electron chi connectivity index (χ3n) is 3.19. The van der Waals surface area contributed by atoms with Gasteiger partial charge in [0, 0.05) is 18.1 Å². The molecule has 0 aliphatic heterocycles. The molecule has 0 saturated carbocycles. The topological polar surface area (TPSA) is 34.1 Å². The molecule has 100 valence electrons. The molecular weight excluding hydrogens is 248 g/mol. The predicted octanol–water partition coefficient (Wildman–Crippen LogP) is 3.46. The molecule has 1 aromatic heterocycles. The molecular formula is C17H16N2O. The number of hydroxylamine groups is 1. The zero-order chi connectivity index (χ0) is 13.6. The molecule has 1 N–H and O–H groups in total. The lowest BCUT2D eigenvalue weighted by Crippen LogP contribution is -2.14. The minimum absolute atomic E-state index is 0.559. The molecule has 3 rings (SSSR count). The summed E-state index contributed by atoms with van der Waals surface area (Å²) in [7, 11) is 0. The highest BCUT2D eigenvalue weighted by atomic mass is 16.6. The normalized spacial score (nSPS) is 10.8. The number of aromatic nitrogens is 1. The highest BCUT2D eigenvalue weighted by Gasteiger charge is 2.00. The van der Waals surface area contributed by atoms with E-state index in [1.54, 1.807) is 0 Å². The summed E-state index contributed by atoms with van der Waals surface area (Å²) in [5, 5.41) is 1.16. The maximum absolute atomic E-state index is 5.50. The first-order valence-corrected chi connectivity index (χ1v) is 6.65. The molecule has 0 radical (unpaired) electrons. The van der Waals surface area contributed by atoms with Crippen LogP contribution in [-0.4, -0.2) is 4.98 Å². The minimum atomic E-state index is 0.559. The van der Waals surface area contributed by atoms with Gasteiger partial charge in [-0.2, -0.15) is 5.48 Å². The molecule has 0 saturated heterocycles. The van der Waals surface area contributed by atoms with Crippen molar-refractivity contribution in [1.82, 2.24) is 10.5 Å². The average molecular weight is 264 g/mol. The van der Waals surface area contributed by atoms with Crippen molar-refractivity contribution in [3.05, 3.63) is 78.0 Å². The van der Waals surface area contributed by atoms with Crippen LogP contribution in [0.15, 0.2) is 66.9 Å². The third-order valence-corrected chi connectivity index (χ3v) is 3.19. The van der Waals surface area contributed by atoms with E-state index in [0.29, 0.717) is 13.2 Å². The van der Waals surface area contributed by atoms with Crippen molar-refractivity contribution < 1.29 is 4.84 Å². The first-order chi connectivity index (χ1) is 9.93. The molecule has 3 nitrogen and oxygen atoms in total. The summed E-state index contributed by atoms with van der Waals surface area (Å²) in [4.78, 5) is 9.85. The molecule has 0 amide bonds. The van der Waals surface area contributed by atoms with Gasteiger partial charge in [0.1, 0.15) is 0 Å². The minimum Gasteiger partial charge on any atom is -0.297 e. The number of nitrogens with zero attached hydrogens (tertiary/aromatic N) is 1. The first-order valence-electron chi connectivity index (χ1n) is 6.65. The van der Waals surface area contributed by atoms with Gasteiger partial charge >= 0.3 is 0 Å². The summed E-state index contributed by atoms with van der Waals surface area (Å²) < 4.78 is 0. The van der Waals surface area contributed by atoms with E-state index in [4.69, 9.17) is 4.84 Å². The Kier molecular flexibility index (Phi) is 4.01. The maximum Gasteiger partial charge on any atom is 0.0933 e. The van der Waals surface area contributed by atoms with E-state index < -0.39 is 0 Å². The van der Waals surface area contributed by atoms with Crippen LogP contribution in [0.2, 0.25) is 0 Å². The number of hydrogen-bond donors (Lipinski definition) is 1. The zero-order valence-corrected chi connectivity index (χ0v) is 11.1. The summed E-state index contributed by atoms with van der Waals surface area (Å²) in [6, 6.07) is 20.2. The molecule has 0 aliphatic rings. The number of rotatable bonds is 5. The molecule has 0 fully saturated rings. The molecule has 0 bridgehead atoms. The second-order valence-electron chi connectivity index (χ2n) is 4.58. The van der Waals surface area contributed by atoms with E-state index in [1.807, 2.05) is 60.8 Å². The van der Waals surface area contributed by atoms with Gasteiger partial charge in [-0.05, 0) is 23.3 Å². The van der Waals surface area contributed by atoms with Crippen molar-refractivity contribution in [3.63, 3.8) is 0 Å². The number of nitrogens with one attached hydrogen (secondary N) is 1. The standard InChI is InChI=1S/C17H16N2O/c1-2-6-14(7-3-1)13-20-19-12-15-10-11-18-17-9-5-4-8-16(15)17/h1-11,19H,12-13H2. The molecule has 0 unspecified atom stereocenters. The highest BCUT2D eigenvalue weighted by molar-refractivity contribution is 5.81. The average Bonchev–Trinajstić information content (AvgIpc) is 2.53. The summed E-state index contributed by atoms with van der Waals surface area (Å²) >= 11 is 0. The van der Waals surface area contributed by atoms with Gasteiger partial charge in [0.05, 0.1) is 12.1 Å². The maximum atomic E-state index is 5.50. The van der Waals surface area contributed by atoms with Gasteiger partial charge in [0.15, 0.2) is 0 Å². The molecule has 20 heavy (non-hydrogen) atoms. The third kappa shape index (κ3) is 3.02. The molecule has 0 spiro atoms. The Balaban J connectivity index is 1.60. The fourth-order valence-electron chi connectivity index (χ4n) is 2.15. The quantitative estimate of drug-likeness (QED) is 0.566. The number of para-hydroxylation sites is 1. The Hall–Kier alpha value is -2.23. The lowest BCUT2D eigenvalue weighted by molar-refractivity contribution is 0.0237. The Labute approximate surface area is 118 Å². The van der Waals surface area contributed by atoms with E-state index in [0.717, 1.165) is 16.5 Å². The SMILES string of the molecule is c1ccc(CONCc2ccnc3ccccc23)cc1. The fourth-order valence-corrected chi connectivity index (χ4v) is 2.15. The van der Waals surface area contributed by atoms with E-state index in [1.165, 1.54) is 5.56 Å². The van der Waals surface area contributed by atoms with Crippen molar-refractivity contribution >= 4 is 10.9 Å². The Morgan fingerprint density at radius 3 is 2.60 bits per heavy atom. The van der Waals surface area contributed by atoms with Crippen molar-refractivity contribution in [3.8, 4) is 0 Å². The van der Waals surface area contributed by atoms with Gasteiger partial charge in [0.25, 0.3) is 0 Å².